The molecule has 1 saturated heterocycles. The van der Waals surface area contributed by atoms with Crippen molar-refractivity contribution in [1.82, 2.24) is 9.88 Å². The van der Waals surface area contributed by atoms with Crippen LogP contribution < -0.4 is 5.73 Å². The highest BCUT2D eigenvalue weighted by atomic mass is 35.5. The molecule has 5 nitrogen and oxygen atoms in total. The number of primary amides is 1. The van der Waals surface area contributed by atoms with Crippen LogP contribution in [0.3, 0.4) is 0 Å². The van der Waals surface area contributed by atoms with Crippen LogP contribution in [0.25, 0.3) is 10.4 Å². The molecule has 2 fully saturated rings. The van der Waals surface area contributed by atoms with Gasteiger partial charge in [0.05, 0.1) is 9.88 Å². The Bertz CT molecular complexity index is 881. The lowest BCUT2D eigenvalue weighted by molar-refractivity contribution is -0.122. The Hall–Kier alpha value is -1.92. The molecule has 0 unspecified atom stereocenters. The Balaban J connectivity index is 1.72. The Morgan fingerprint density at radius 2 is 2.15 bits per heavy atom. The van der Waals surface area contributed by atoms with Gasteiger partial charge in [0.25, 0.3) is 5.91 Å². The third-order valence-corrected chi connectivity index (χ3v) is 6.72. The van der Waals surface area contributed by atoms with Gasteiger partial charge in [0.1, 0.15) is 11.7 Å². The zero-order valence-electron chi connectivity index (χ0n) is 14.4. The van der Waals surface area contributed by atoms with E-state index in [1.807, 2.05) is 25.1 Å². The molecule has 7 heteroatoms. The quantitative estimate of drug-likeness (QED) is 0.872. The van der Waals surface area contributed by atoms with E-state index in [0.29, 0.717) is 23.2 Å². The third-order valence-electron chi connectivity index (χ3n) is 5.47. The summed E-state index contributed by atoms with van der Waals surface area (Å²) < 4.78 is 0. The lowest BCUT2D eigenvalue weighted by Crippen LogP contribution is -2.46. The number of nitrogens with two attached hydrogens (primary N) is 1. The molecule has 136 valence electrons. The molecule has 1 aromatic carbocycles. The van der Waals surface area contributed by atoms with E-state index in [9.17, 15) is 9.59 Å². The number of rotatable bonds is 3. The topological polar surface area (TPSA) is 76.3 Å². The van der Waals surface area contributed by atoms with Crippen LogP contribution in [0.4, 0.5) is 0 Å². The maximum Gasteiger partial charge on any atom is 0.274 e. The van der Waals surface area contributed by atoms with Gasteiger partial charge in [-0.15, -0.1) is 11.3 Å². The first-order valence-corrected chi connectivity index (χ1v) is 9.99. The zero-order valence-corrected chi connectivity index (χ0v) is 16.0. The summed E-state index contributed by atoms with van der Waals surface area (Å²) in [7, 11) is 0. The van der Waals surface area contributed by atoms with E-state index in [2.05, 4.69) is 4.98 Å². The number of fused-ring (bicyclic) bond motifs is 1. The summed E-state index contributed by atoms with van der Waals surface area (Å²) in [6, 6.07) is 6.87. The highest BCUT2D eigenvalue weighted by Gasteiger charge is 2.49. The van der Waals surface area contributed by atoms with Crippen molar-refractivity contribution in [2.24, 2.45) is 17.6 Å². The van der Waals surface area contributed by atoms with Gasteiger partial charge in [-0.25, -0.2) is 4.98 Å². The Kier molecular flexibility index (Phi) is 4.49. The number of nitrogens with zero attached hydrogens (tertiary/aromatic N) is 2. The molecule has 2 N–H and O–H groups in total. The molecular weight excluding hydrogens is 370 g/mol. The molecule has 1 saturated carbocycles. The molecule has 2 aliphatic rings. The van der Waals surface area contributed by atoms with E-state index in [1.165, 1.54) is 11.3 Å². The predicted octanol–water partition coefficient (Wildman–Crippen LogP) is 3.50. The van der Waals surface area contributed by atoms with Crippen molar-refractivity contribution in [3.63, 3.8) is 0 Å². The van der Waals surface area contributed by atoms with E-state index in [0.717, 1.165) is 34.7 Å². The first-order chi connectivity index (χ1) is 12.5. The molecule has 1 aliphatic heterocycles. The number of carbonyl (C=O) groups is 2. The maximum atomic E-state index is 13.3. The molecule has 1 aromatic heterocycles. The van der Waals surface area contributed by atoms with Crippen LogP contribution in [0.15, 0.2) is 24.3 Å². The minimum atomic E-state index is -0.524. The second-order valence-electron chi connectivity index (χ2n) is 7.08. The average molecular weight is 390 g/mol. The number of hydrogen-bond donors (Lipinski definition) is 1. The summed E-state index contributed by atoms with van der Waals surface area (Å²) >= 11 is 7.58. The van der Waals surface area contributed by atoms with Gasteiger partial charge in [0, 0.05) is 11.6 Å². The second-order valence-corrected chi connectivity index (χ2v) is 8.72. The standard InChI is InChI=1S/C19H20ClN3O2S/c1-10-22-15(17(26-10)11-4-2-6-13(20)8-11)19(25)23-9-12-5-3-7-14(12)16(23)18(21)24/h2,4,6,8,12,14,16H,3,5,7,9H2,1H3,(H2,21,24)/t12-,14-,16-/m0/s1. The number of benzene rings is 1. The summed E-state index contributed by atoms with van der Waals surface area (Å²) in [5.41, 5.74) is 6.92. The molecule has 0 radical (unpaired) electrons. The summed E-state index contributed by atoms with van der Waals surface area (Å²) in [6.07, 6.45) is 3.11. The van der Waals surface area contributed by atoms with Gasteiger partial charge < -0.3 is 10.6 Å². The molecule has 0 bridgehead atoms. The normalized spacial score (nSPS) is 24.7. The molecule has 2 amide bonds. The molecule has 1 aliphatic carbocycles. The number of thiazole rings is 1. The van der Waals surface area contributed by atoms with Gasteiger partial charge in [-0.2, -0.15) is 0 Å². The molecule has 4 rings (SSSR count). The molecule has 2 aromatic rings. The minimum absolute atomic E-state index is 0.186. The van der Waals surface area contributed by atoms with E-state index in [1.54, 1.807) is 11.0 Å². The van der Waals surface area contributed by atoms with Crippen LogP contribution >= 0.6 is 22.9 Å². The van der Waals surface area contributed by atoms with Crippen LogP contribution in [0.1, 0.15) is 34.8 Å². The molecule has 2 heterocycles. The third kappa shape index (κ3) is 2.91. The van der Waals surface area contributed by atoms with Crippen LogP contribution in [0, 0.1) is 18.8 Å². The van der Waals surface area contributed by atoms with Crippen LogP contribution in [-0.2, 0) is 4.79 Å². The van der Waals surface area contributed by atoms with E-state index in [-0.39, 0.29) is 11.8 Å². The lowest BCUT2D eigenvalue weighted by atomic mass is 9.93. The van der Waals surface area contributed by atoms with Crippen LogP contribution in [0.5, 0.6) is 0 Å². The van der Waals surface area contributed by atoms with Gasteiger partial charge in [-0.3, -0.25) is 9.59 Å². The van der Waals surface area contributed by atoms with Gasteiger partial charge in [0.2, 0.25) is 5.91 Å². The van der Waals surface area contributed by atoms with Crippen LogP contribution in [-0.4, -0.2) is 34.3 Å². The number of carbonyl (C=O) groups excluding carboxylic acids is 2. The first kappa shape index (κ1) is 17.5. The average Bonchev–Trinajstić information content (AvgIpc) is 3.27. The summed E-state index contributed by atoms with van der Waals surface area (Å²) in [6.45, 7) is 2.46. The first-order valence-electron chi connectivity index (χ1n) is 8.79. The Morgan fingerprint density at radius 3 is 2.88 bits per heavy atom. The fourth-order valence-electron chi connectivity index (χ4n) is 4.41. The minimum Gasteiger partial charge on any atom is -0.368 e. The largest absolute Gasteiger partial charge is 0.368 e. The molecule has 26 heavy (non-hydrogen) atoms. The number of hydrogen-bond acceptors (Lipinski definition) is 4. The van der Waals surface area contributed by atoms with E-state index >= 15 is 0 Å². The Labute approximate surface area is 161 Å². The van der Waals surface area contributed by atoms with Gasteiger partial charge in [0.15, 0.2) is 0 Å². The number of amides is 2. The number of aryl methyl sites for hydroxylation is 1. The smallest absolute Gasteiger partial charge is 0.274 e. The molecule has 0 spiro atoms. The summed E-state index contributed by atoms with van der Waals surface area (Å²) in [4.78, 5) is 32.3. The van der Waals surface area contributed by atoms with Gasteiger partial charge in [-0.1, -0.05) is 30.2 Å². The summed E-state index contributed by atoms with van der Waals surface area (Å²) in [5.74, 6) is -0.0665. The van der Waals surface area contributed by atoms with Crippen molar-refractivity contribution in [2.45, 2.75) is 32.2 Å². The second kappa shape index (κ2) is 6.67. The lowest BCUT2D eigenvalue weighted by Gasteiger charge is -2.25. The highest BCUT2D eigenvalue weighted by molar-refractivity contribution is 7.15. The maximum absolute atomic E-state index is 13.3. The SMILES string of the molecule is Cc1nc(C(=O)N2C[C@@H]3CCC[C@@H]3[C@H]2C(N)=O)c(-c2cccc(Cl)c2)s1. The van der Waals surface area contributed by atoms with E-state index in [4.69, 9.17) is 17.3 Å². The fraction of sp³-hybridized carbons (Fsp3) is 0.421. The number of aromatic nitrogens is 1. The van der Waals surface area contributed by atoms with Crippen molar-refractivity contribution in [3.05, 3.63) is 40.0 Å². The van der Waals surface area contributed by atoms with Gasteiger partial charge in [-0.05, 0) is 49.3 Å². The zero-order chi connectivity index (χ0) is 18.4. The van der Waals surface area contributed by atoms with Crippen molar-refractivity contribution in [1.29, 1.82) is 0 Å². The van der Waals surface area contributed by atoms with E-state index < -0.39 is 11.9 Å². The molecular formula is C19H20ClN3O2S. The Morgan fingerprint density at radius 1 is 1.35 bits per heavy atom. The van der Waals surface area contributed by atoms with Crippen molar-refractivity contribution in [3.8, 4) is 10.4 Å². The molecule has 3 atom stereocenters. The fourth-order valence-corrected chi connectivity index (χ4v) is 5.51. The van der Waals surface area contributed by atoms with Crippen molar-refractivity contribution < 1.29 is 9.59 Å². The van der Waals surface area contributed by atoms with Crippen molar-refractivity contribution >= 4 is 34.8 Å². The summed E-state index contributed by atoms with van der Waals surface area (Å²) in [5, 5.41) is 1.41. The number of likely N-dealkylation sites (tertiary alicyclic amines) is 1. The van der Waals surface area contributed by atoms with Crippen LogP contribution in [0.2, 0.25) is 5.02 Å². The highest BCUT2D eigenvalue weighted by Crippen LogP contribution is 2.43. The predicted molar refractivity (Wildman–Crippen MR) is 102 cm³/mol. The van der Waals surface area contributed by atoms with Gasteiger partial charge >= 0.3 is 0 Å². The monoisotopic (exact) mass is 389 g/mol. The van der Waals surface area contributed by atoms with Crippen molar-refractivity contribution in [2.75, 3.05) is 6.54 Å². The number of halogens is 1.